The fraction of sp³-hybridized carbons (Fsp3) is 1.00. The molecule has 1 aliphatic heterocycles. The molecule has 0 aromatic carbocycles. The van der Waals surface area contributed by atoms with Crippen molar-refractivity contribution in [3.63, 3.8) is 0 Å². The molecule has 0 radical (unpaired) electrons. The van der Waals surface area contributed by atoms with Crippen LogP contribution in [0.15, 0.2) is 0 Å². The summed E-state index contributed by atoms with van der Waals surface area (Å²) in [5, 5.41) is 0. The van der Waals surface area contributed by atoms with E-state index in [0.29, 0.717) is 0 Å². The molecule has 1 saturated carbocycles. The lowest BCUT2D eigenvalue weighted by Crippen LogP contribution is -2.32. The van der Waals surface area contributed by atoms with Crippen molar-refractivity contribution < 1.29 is 0 Å². The molecule has 2 fully saturated rings. The van der Waals surface area contributed by atoms with Gasteiger partial charge in [0.05, 0.1) is 0 Å². The van der Waals surface area contributed by atoms with E-state index in [1.165, 1.54) is 43.2 Å². The fourth-order valence-electron chi connectivity index (χ4n) is 2.25. The highest BCUT2D eigenvalue weighted by atomic mass is 127. The summed E-state index contributed by atoms with van der Waals surface area (Å²) in [5.41, 5.74) is 0. The van der Waals surface area contributed by atoms with Gasteiger partial charge in [0.15, 0.2) is 0 Å². The van der Waals surface area contributed by atoms with E-state index in [1.54, 1.807) is 0 Å². The average molecular weight is 265 g/mol. The molecule has 1 aliphatic carbocycles. The molecule has 0 aromatic heterocycles. The summed E-state index contributed by atoms with van der Waals surface area (Å²) >= 11 is 2.48. The first-order chi connectivity index (χ1) is 5.42. The van der Waals surface area contributed by atoms with Crippen molar-refractivity contribution in [3.05, 3.63) is 0 Å². The van der Waals surface area contributed by atoms with Crippen molar-refractivity contribution in [3.8, 4) is 0 Å². The number of nitrogens with zero attached hydrogens (tertiary/aromatic N) is 1. The van der Waals surface area contributed by atoms with Crippen LogP contribution in [-0.4, -0.2) is 28.5 Å². The van der Waals surface area contributed by atoms with Gasteiger partial charge in [-0.1, -0.05) is 22.6 Å². The quantitative estimate of drug-likeness (QED) is 0.559. The van der Waals surface area contributed by atoms with E-state index in [-0.39, 0.29) is 0 Å². The zero-order valence-corrected chi connectivity index (χ0v) is 9.09. The Labute approximate surface area is 82.7 Å². The number of likely N-dealkylation sites (tertiary alicyclic amines) is 1. The number of piperidine rings is 1. The Morgan fingerprint density at radius 2 is 2.36 bits per heavy atom. The van der Waals surface area contributed by atoms with Crippen LogP contribution in [0.4, 0.5) is 0 Å². The standard InChI is InChI=1S/C9H16IN/c10-4-2-6-11-5-1-3-8-7-9(8)11/h8-9H,1-7H2. The van der Waals surface area contributed by atoms with Gasteiger partial charge in [-0.2, -0.15) is 0 Å². The Morgan fingerprint density at radius 3 is 3.18 bits per heavy atom. The van der Waals surface area contributed by atoms with Crippen molar-refractivity contribution in [2.45, 2.75) is 31.7 Å². The monoisotopic (exact) mass is 265 g/mol. The van der Waals surface area contributed by atoms with Crippen LogP contribution in [0.2, 0.25) is 0 Å². The summed E-state index contributed by atoms with van der Waals surface area (Å²) in [6.45, 7) is 2.75. The maximum absolute atomic E-state index is 2.72. The molecule has 11 heavy (non-hydrogen) atoms. The smallest absolute Gasteiger partial charge is 0.0127 e. The van der Waals surface area contributed by atoms with E-state index >= 15 is 0 Å². The molecule has 1 heterocycles. The Hall–Kier alpha value is 0.690. The number of alkyl halides is 1. The van der Waals surface area contributed by atoms with Crippen LogP contribution in [-0.2, 0) is 0 Å². The maximum atomic E-state index is 2.72. The zero-order chi connectivity index (χ0) is 7.68. The molecule has 0 N–H and O–H groups in total. The summed E-state index contributed by atoms with van der Waals surface area (Å²) in [4.78, 5) is 2.72. The third kappa shape index (κ3) is 1.89. The normalized spacial score (nSPS) is 36.8. The highest BCUT2D eigenvalue weighted by Gasteiger charge is 2.43. The lowest BCUT2D eigenvalue weighted by Gasteiger charge is -2.25. The van der Waals surface area contributed by atoms with Gasteiger partial charge in [0.25, 0.3) is 0 Å². The first kappa shape index (κ1) is 8.30. The Morgan fingerprint density at radius 1 is 1.45 bits per heavy atom. The van der Waals surface area contributed by atoms with E-state index in [0.717, 1.165) is 12.0 Å². The molecule has 0 bridgehead atoms. The SMILES string of the molecule is ICCCN1CCCC2CC21. The van der Waals surface area contributed by atoms with Crippen LogP contribution in [0.3, 0.4) is 0 Å². The third-order valence-corrected chi connectivity index (χ3v) is 3.72. The van der Waals surface area contributed by atoms with Gasteiger partial charge in [0.2, 0.25) is 0 Å². The molecule has 0 spiro atoms. The van der Waals surface area contributed by atoms with E-state index in [9.17, 15) is 0 Å². The van der Waals surface area contributed by atoms with Gasteiger partial charge in [0.1, 0.15) is 0 Å². The molecule has 0 aromatic rings. The largest absolute Gasteiger partial charge is 0.300 e. The van der Waals surface area contributed by atoms with Crippen molar-refractivity contribution in [1.29, 1.82) is 0 Å². The second-order valence-electron chi connectivity index (χ2n) is 3.78. The maximum Gasteiger partial charge on any atom is 0.0127 e. The number of hydrogen-bond donors (Lipinski definition) is 0. The summed E-state index contributed by atoms with van der Waals surface area (Å²) in [6, 6.07) is 1.02. The van der Waals surface area contributed by atoms with Gasteiger partial charge in [-0.05, 0) is 44.7 Å². The Kier molecular flexibility index (Phi) is 2.72. The molecular formula is C9H16IN. The Balaban J connectivity index is 1.75. The second-order valence-corrected chi connectivity index (χ2v) is 4.86. The molecule has 2 aliphatic rings. The minimum absolute atomic E-state index is 1.02. The Bertz CT molecular complexity index is 138. The van der Waals surface area contributed by atoms with Gasteiger partial charge in [-0.3, -0.25) is 0 Å². The summed E-state index contributed by atoms with van der Waals surface area (Å²) in [6.07, 6.45) is 5.89. The van der Waals surface area contributed by atoms with Crippen LogP contribution in [0.5, 0.6) is 0 Å². The van der Waals surface area contributed by atoms with Crippen molar-refractivity contribution in [2.75, 3.05) is 17.5 Å². The lowest BCUT2D eigenvalue weighted by atomic mass is 10.1. The topological polar surface area (TPSA) is 3.24 Å². The van der Waals surface area contributed by atoms with Crippen LogP contribution in [0, 0.1) is 5.92 Å². The molecule has 2 atom stereocenters. The van der Waals surface area contributed by atoms with Crippen LogP contribution in [0.25, 0.3) is 0 Å². The number of hydrogen-bond acceptors (Lipinski definition) is 1. The van der Waals surface area contributed by atoms with E-state index in [4.69, 9.17) is 0 Å². The van der Waals surface area contributed by atoms with Crippen LogP contribution >= 0.6 is 22.6 Å². The minimum Gasteiger partial charge on any atom is -0.300 e. The van der Waals surface area contributed by atoms with Gasteiger partial charge in [-0.25, -0.2) is 0 Å². The zero-order valence-electron chi connectivity index (χ0n) is 6.93. The highest BCUT2D eigenvalue weighted by Crippen LogP contribution is 2.42. The van der Waals surface area contributed by atoms with Crippen molar-refractivity contribution in [2.24, 2.45) is 5.92 Å². The third-order valence-electron chi connectivity index (χ3n) is 2.95. The molecule has 2 unspecified atom stereocenters. The summed E-state index contributed by atoms with van der Waals surface area (Å²) in [7, 11) is 0. The van der Waals surface area contributed by atoms with E-state index in [2.05, 4.69) is 27.5 Å². The summed E-state index contributed by atoms with van der Waals surface area (Å²) < 4.78 is 1.33. The first-order valence-corrected chi connectivity index (χ1v) is 6.24. The van der Waals surface area contributed by atoms with Gasteiger partial charge in [0, 0.05) is 10.5 Å². The fourth-order valence-corrected chi connectivity index (χ4v) is 2.59. The van der Waals surface area contributed by atoms with E-state index in [1.807, 2.05) is 0 Å². The van der Waals surface area contributed by atoms with E-state index < -0.39 is 0 Å². The molecule has 2 rings (SSSR count). The molecule has 64 valence electrons. The second kappa shape index (κ2) is 3.60. The highest BCUT2D eigenvalue weighted by molar-refractivity contribution is 14.1. The summed E-state index contributed by atoms with van der Waals surface area (Å²) in [5.74, 6) is 1.11. The predicted molar refractivity (Wildman–Crippen MR) is 56.2 cm³/mol. The molecule has 1 saturated heterocycles. The van der Waals surface area contributed by atoms with Crippen molar-refractivity contribution >= 4 is 22.6 Å². The molecule has 2 heteroatoms. The first-order valence-electron chi connectivity index (χ1n) is 4.72. The van der Waals surface area contributed by atoms with Crippen molar-refractivity contribution in [1.82, 2.24) is 4.90 Å². The van der Waals surface area contributed by atoms with Crippen LogP contribution < -0.4 is 0 Å². The molecule has 0 amide bonds. The molecule has 1 nitrogen and oxygen atoms in total. The van der Waals surface area contributed by atoms with Crippen LogP contribution in [0.1, 0.15) is 25.7 Å². The minimum atomic E-state index is 1.02. The lowest BCUT2D eigenvalue weighted by molar-refractivity contribution is 0.217. The number of halogens is 1. The predicted octanol–water partition coefficient (Wildman–Crippen LogP) is 2.30. The average Bonchev–Trinajstić information content (AvgIpc) is 2.79. The molecular weight excluding hydrogens is 249 g/mol. The van der Waals surface area contributed by atoms with Gasteiger partial charge in [-0.15, -0.1) is 0 Å². The van der Waals surface area contributed by atoms with Gasteiger partial charge < -0.3 is 4.90 Å². The number of rotatable bonds is 3. The number of fused-ring (bicyclic) bond motifs is 1. The van der Waals surface area contributed by atoms with Gasteiger partial charge >= 0.3 is 0 Å².